The average Bonchev–Trinajstić information content (AvgIpc) is 2.70. The third kappa shape index (κ3) is 5.13. The molecule has 0 aliphatic heterocycles. The Balaban J connectivity index is 2.61. The van der Waals surface area contributed by atoms with Gasteiger partial charge in [-0.25, -0.2) is 8.42 Å². The monoisotopic (exact) mass is 444 g/mol. The Morgan fingerprint density at radius 2 is 1.20 bits per heavy atom. The summed E-state index contributed by atoms with van der Waals surface area (Å²) in [6, 6.07) is 18.2. The zero-order valence-corrected chi connectivity index (χ0v) is 21.1. The zero-order chi connectivity index (χ0) is 22.5. The van der Waals surface area contributed by atoms with E-state index in [1.165, 1.54) is 0 Å². The van der Waals surface area contributed by atoms with Crippen molar-refractivity contribution in [3.8, 4) is 0 Å². The van der Waals surface area contributed by atoms with Crippen LogP contribution in [0.15, 0.2) is 70.5 Å². The Morgan fingerprint density at radius 1 is 0.767 bits per heavy atom. The second kappa shape index (κ2) is 10.1. The van der Waals surface area contributed by atoms with E-state index in [0.29, 0.717) is 26.4 Å². The van der Waals surface area contributed by atoms with Crippen LogP contribution in [0.2, 0.25) is 16.6 Å². The summed E-state index contributed by atoms with van der Waals surface area (Å²) in [5.41, 5.74) is 1.97. The van der Waals surface area contributed by atoms with Crippen LogP contribution in [0.25, 0.3) is 6.08 Å². The van der Waals surface area contributed by atoms with Gasteiger partial charge in [-0.3, -0.25) is 0 Å². The Hall–Kier alpha value is -1.69. The van der Waals surface area contributed by atoms with Gasteiger partial charge in [-0.2, -0.15) is 0 Å². The Kier molecular flexibility index (Phi) is 8.25. The van der Waals surface area contributed by atoms with Crippen LogP contribution in [0.3, 0.4) is 0 Å². The first-order chi connectivity index (χ1) is 14.0. The lowest BCUT2D eigenvalue weighted by Gasteiger charge is -2.44. The number of sulfone groups is 1. The lowest BCUT2D eigenvalue weighted by Crippen LogP contribution is -2.50. The topological polar surface area (TPSA) is 43.4 Å². The van der Waals surface area contributed by atoms with Gasteiger partial charge >= 0.3 is 0 Å². The maximum absolute atomic E-state index is 13.6. The number of rotatable bonds is 9. The third-order valence-electron chi connectivity index (χ3n) is 5.96. The molecule has 0 aliphatic rings. The minimum absolute atomic E-state index is 0.300. The normalized spacial score (nSPS) is 14.5. The maximum atomic E-state index is 13.6. The van der Waals surface area contributed by atoms with E-state index in [0.717, 1.165) is 5.56 Å². The number of hydrogen-bond donors (Lipinski definition) is 0. The van der Waals surface area contributed by atoms with Crippen LogP contribution in [-0.4, -0.2) is 22.8 Å². The quantitative estimate of drug-likeness (QED) is 0.388. The molecule has 2 rings (SSSR count). The first-order valence-corrected chi connectivity index (χ1v) is 14.4. The molecule has 164 valence electrons. The van der Waals surface area contributed by atoms with Gasteiger partial charge in [0.15, 0.2) is 0 Å². The lowest BCUT2D eigenvalue weighted by atomic mass is 10.2. The second-order valence-corrected chi connectivity index (χ2v) is 16.2. The van der Waals surface area contributed by atoms with Crippen molar-refractivity contribution in [3.05, 3.63) is 71.1 Å². The first-order valence-electron chi connectivity index (χ1n) is 10.8. The SMILES string of the molecule is CC(C)[Si](O[C@@H](C)/C(=C\c1ccccc1)S(=O)(=O)c1ccccc1)(C(C)C)C(C)C. The van der Waals surface area contributed by atoms with Crippen LogP contribution in [0.1, 0.15) is 54.0 Å². The molecule has 3 nitrogen and oxygen atoms in total. The van der Waals surface area contributed by atoms with Gasteiger partial charge in [0.1, 0.15) is 0 Å². The highest BCUT2D eigenvalue weighted by Crippen LogP contribution is 2.44. The summed E-state index contributed by atoms with van der Waals surface area (Å²) in [6.07, 6.45) is 1.24. The third-order valence-corrected chi connectivity index (χ3v) is 14.1. The van der Waals surface area contributed by atoms with Crippen molar-refractivity contribution in [2.75, 3.05) is 0 Å². The molecule has 0 aromatic heterocycles. The molecule has 2 aromatic rings. The summed E-state index contributed by atoms with van der Waals surface area (Å²) in [7, 11) is -5.95. The van der Waals surface area contributed by atoms with E-state index >= 15 is 0 Å². The molecule has 0 saturated heterocycles. The maximum Gasteiger partial charge on any atom is 0.205 e. The van der Waals surface area contributed by atoms with Gasteiger partial charge in [-0.05, 0) is 47.3 Å². The molecule has 0 radical (unpaired) electrons. The van der Waals surface area contributed by atoms with E-state index in [2.05, 4.69) is 41.5 Å². The van der Waals surface area contributed by atoms with Crippen LogP contribution in [-0.2, 0) is 14.3 Å². The minimum Gasteiger partial charge on any atom is -0.409 e. The largest absolute Gasteiger partial charge is 0.409 e. The molecule has 0 heterocycles. The molecule has 0 amide bonds. The minimum atomic E-state index is -3.69. The molecule has 0 bridgehead atoms. The highest BCUT2D eigenvalue weighted by atomic mass is 32.2. The van der Waals surface area contributed by atoms with Gasteiger partial charge < -0.3 is 4.43 Å². The molecule has 2 aromatic carbocycles. The number of benzene rings is 2. The summed E-state index contributed by atoms with van der Waals surface area (Å²) < 4.78 is 34.1. The van der Waals surface area contributed by atoms with Crippen LogP contribution >= 0.6 is 0 Å². The predicted octanol–water partition coefficient (Wildman–Crippen LogP) is 7.08. The predicted molar refractivity (Wildman–Crippen MR) is 130 cm³/mol. The highest BCUT2D eigenvalue weighted by Gasteiger charge is 2.47. The van der Waals surface area contributed by atoms with Crippen molar-refractivity contribution in [3.63, 3.8) is 0 Å². The van der Waals surface area contributed by atoms with Crippen molar-refractivity contribution in [2.45, 2.75) is 76.1 Å². The van der Waals surface area contributed by atoms with E-state index < -0.39 is 24.3 Å². The van der Waals surface area contributed by atoms with Gasteiger partial charge in [-0.15, -0.1) is 0 Å². The van der Waals surface area contributed by atoms with Crippen LogP contribution in [0.4, 0.5) is 0 Å². The van der Waals surface area contributed by atoms with Gasteiger partial charge in [0.05, 0.1) is 15.9 Å². The standard InChI is InChI=1S/C25H36O3SSi/c1-19(2)30(20(3)4,21(5)6)28-22(7)25(18-23-14-10-8-11-15-23)29(26,27)24-16-12-9-13-17-24/h8-22H,1-7H3/b25-18+/t22-/m0/s1. The summed E-state index contributed by atoms with van der Waals surface area (Å²) in [5, 5.41) is 0. The van der Waals surface area contributed by atoms with Crippen molar-refractivity contribution >= 4 is 24.2 Å². The van der Waals surface area contributed by atoms with E-state index in [-0.39, 0.29) is 0 Å². The highest BCUT2D eigenvalue weighted by molar-refractivity contribution is 7.95. The fourth-order valence-corrected chi connectivity index (χ4v) is 11.8. The van der Waals surface area contributed by atoms with Crippen molar-refractivity contribution < 1.29 is 12.8 Å². The first kappa shape index (κ1) is 24.6. The molecular weight excluding hydrogens is 408 g/mol. The molecular formula is C25H36O3SSi. The van der Waals surface area contributed by atoms with Crippen LogP contribution in [0.5, 0.6) is 0 Å². The van der Waals surface area contributed by atoms with Crippen molar-refractivity contribution in [1.29, 1.82) is 0 Å². The fourth-order valence-electron chi connectivity index (χ4n) is 4.64. The van der Waals surface area contributed by atoms with E-state index in [1.54, 1.807) is 30.3 Å². The van der Waals surface area contributed by atoms with E-state index in [1.807, 2.05) is 43.3 Å². The van der Waals surface area contributed by atoms with E-state index in [4.69, 9.17) is 4.43 Å². The Labute approximate surface area is 184 Å². The molecule has 0 saturated carbocycles. The molecule has 30 heavy (non-hydrogen) atoms. The smallest absolute Gasteiger partial charge is 0.205 e. The van der Waals surface area contributed by atoms with Crippen molar-refractivity contribution in [2.24, 2.45) is 0 Å². The summed E-state index contributed by atoms with van der Waals surface area (Å²) in [6.45, 7) is 15.2. The molecule has 5 heteroatoms. The lowest BCUT2D eigenvalue weighted by molar-refractivity contribution is 0.230. The Bertz CT molecular complexity index is 911. The van der Waals surface area contributed by atoms with Gasteiger partial charge in [0.2, 0.25) is 18.2 Å². The van der Waals surface area contributed by atoms with Crippen LogP contribution in [0, 0.1) is 0 Å². The number of hydrogen-bond acceptors (Lipinski definition) is 3. The second-order valence-electron chi connectivity index (χ2n) is 8.85. The van der Waals surface area contributed by atoms with Gasteiger partial charge in [0.25, 0.3) is 0 Å². The zero-order valence-electron chi connectivity index (χ0n) is 19.3. The Morgan fingerprint density at radius 3 is 1.63 bits per heavy atom. The van der Waals surface area contributed by atoms with Crippen molar-refractivity contribution in [1.82, 2.24) is 0 Å². The van der Waals surface area contributed by atoms with Gasteiger partial charge in [-0.1, -0.05) is 90.1 Å². The fraction of sp³-hybridized carbons (Fsp3) is 0.440. The van der Waals surface area contributed by atoms with Gasteiger partial charge in [0, 0.05) is 0 Å². The molecule has 0 fully saturated rings. The van der Waals surface area contributed by atoms with E-state index in [9.17, 15) is 8.42 Å². The molecule has 0 spiro atoms. The summed E-state index contributed by atoms with van der Waals surface area (Å²) in [5.74, 6) is 0. The average molecular weight is 445 g/mol. The summed E-state index contributed by atoms with van der Waals surface area (Å²) in [4.78, 5) is 0.618. The van der Waals surface area contributed by atoms with Crippen LogP contribution < -0.4 is 0 Å². The molecule has 0 aliphatic carbocycles. The summed E-state index contributed by atoms with van der Waals surface area (Å²) >= 11 is 0. The molecule has 0 unspecified atom stereocenters. The molecule has 1 atom stereocenters. The molecule has 0 N–H and O–H groups in total.